The van der Waals surface area contributed by atoms with Gasteiger partial charge in [0.05, 0.1) is 0 Å². The lowest BCUT2D eigenvalue weighted by atomic mass is 10.9. The average molecular weight is 217 g/mol. The van der Waals surface area contributed by atoms with Gasteiger partial charge in [0.25, 0.3) is 0 Å². The van der Waals surface area contributed by atoms with Crippen LogP contribution in [0, 0.1) is 14.3 Å². The normalized spacial score (nSPS) is 10.7. The van der Waals surface area contributed by atoms with Crippen LogP contribution in [0.15, 0.2) is 0 Å². The Morgan fingerprint density at radius 2 is 1.83 bits per heavy atom. The van der Waals surface area contributed by atoms with Gasteiger partial charge >= 0.3 is 0 Å². The van der Waals surface area contributed by atoms with Crippen molar-refractivity contribution in [1.29, 1.82) is 0 Å². The number of nitrogens with one attached hydrogen (secondary N) is 3. The molecular weight excluding hydrogens is 214 g/mol. The highest BCUT2D eigenvalue weighted by atomic mass is 32.1. The van der Waals surface area contributed by atoms with E-state index in [2.05, 4.69) is 20.2 Å². The van der Waals surface area contributed by atoms with Crippen LogP contribution in [0.25, 0.3) is 5.78 Å². The number of aromatic nitrogens is 5. The fraction of sp³-hybridized carbons (Fsp3) is 0. The van der Waals surface area contributed by atoms with Crippen molar-refractivity contribution < 1.29 is 0 Å². The van der Waals surface area contributed by atoms with E-state index in [9.17, 15) is 0 Å². The summed E-state index contributed by atoms with van der Waals surface area (Å²) in [5.41, 5.74) is 0. The predicted molar refractivity (Wildman–Crippen MR) is 50.7 cm³/mol. The molecule has 0 spiro atoms. The molecule has 5 nitrogen and oxygen atoms in total. The van der Waals surface area contributed by atoms with E-state index < -0.39 is 0 Å². The molecule has 0 atom stereocenters. The van der Waals surface area contributed by atoms with Crippen LogP contribution in [0.3, 0.4) is 0 Å². The summed E-state index contributed by atoms with van der Waals surface area (Å²) in [6, 6.07) is 0. The summed E-state index contributed by atoms with van der Waals surface area (Å²) in [6.45, 7) is 0. The van der Waals surface area contributed by atoms with Crippen LogP contribution in [0.2, 0.25) is 0 Å². The highest BCUT2D eigenvalue weighted by Gasteiger charge is 1.96. The molecule has 12 heavy (non-hydrogen) atoms. The quantitative estimate of drug-likeness (QED) is 0.585. The number of fused-ring (bicyclic) bond motifs is 1. The van der Waals surface area contributed by atoms with E-state index in [1.807, 2.05) is 0 Å². The average Bonchev–Trinajstić information content (AvgIpc) is 2.31. The number of hydrogen-bond acceptors (Lipinski definition) is 4. The summed E-state index contributed by atoms with van der Waals surface area (Å²) in [7, 11) is 0. The van der Waals surface area contributed by atoms with E-state index in [-0.39, 0.29) is 0 Å². The molecule has 2 aromatic rings. The van der Waals surface area contributed by atoms with Crippen molar-refractivity contribution in [3.8, 4) is 0 Å². The molecule has 0 unspecified atom stereocenters. The molecule has 0 aliphatic rings. The molecule has 2 aromatic heterocycles. The van der Waals surface area contributed by atoms with E-state index in [1.165, 1.54) is 0 Å². The fourth-order valence-electron chi connectivity index (χ4n) is 0.855. The summed E-state index contributed by atoms with van der Waals surface area (Å²) in [6.07, 6.45) is 0. The summed E-state index contributed by atoms with van der Waals surface area (Å²) >= 11 is 14.7. The Morgan fingerprint density at radius 1 is 1.08 bits per heavy atom. The molecule has 0 radical (unpaired) electrons. The minimum Gasteiger partial charge on any atom is -0.307 e. The van der Waals surface area contributed by atoms with Crippen molar-refractivity contribution >= 4 is 42.4 Å². The van der Waals surface area contributed by atoms with Gasteiger partial charge in [0, 0.05) is 0 Å². The molecule has 2 heterocycles. The second-order valence-electron chi connectivity index (χ2n) is 2.06. The molecule has 0 aliphatic heterocycles. The third-order valence-corrected chi connectivity index (χ3v) is 2.08. The molecule has 0 aliphatic carbocycles. The van der Waals surface area contributed by atoms with Crippen molar-refractivity contribution in [2.45, 2.75) is 0 Å². The molecule has 0 amide bonds. The van der Waals surface area contributed by atoms with Crippen LogP contribution < -0.4 is 0 Å². The van der Waals surface area contributed by atoms with Gasteiger partial charge in [-0.15, -0.1) is 0 Å². The van der Waals surface area contributed by atoms with Gasteiger partial charge in [0.2, 0.25) is 15.3 Å². The third-order valence-electron chi connectivity index (χ3n) is 1.32. The summed E-state index contributed by atoms with van der Waals surface area (Å²) in [4.78, 5) is 6.67. The maximum absolute atomic E-state index is 4.98. The zero-order valence-corrected chi connectivity index (χ0v) is 8.07. The van der Waals surface area contributed by atoms with Gasteiger partial charge in [-0.1, -0.05) is 0 Å². The summed E-state index contributed by atoms with van der Waals surface area (Å²) in [5.74, 6) is 0.522. The minimum absolute atomic E-state index is 0.338. The van der Waals surface area contributed by atoms with E-state index in [4.69, 9.17) is 36.7 Å². The first kappa shape index (κ1) is 7.77. The smallest absolute Gasteiger partial charge is 0.233 e. The lowest BCUT2D eigenvalue weighted by molar-refractivity contribution is 0.962. The van der Waals surface area contributed by atoms with Crippen LogP contribution in [-0.4, -0.2) is 24.6 Å². The Kier molecular flexibility index (Phi) is 1.67. The number of rotatable bonds is 0. The maximum Gasteiger partial charge on any atom is 0.233 e. The van der Waals surface area contributed by atoms with Gasteiger partial charge in [-0.25, -0.2) is 4.40 Å². The van der Waals surface area contributed by atoms with Crippen molar-refractivity contribution in [2.75, 3.05) is 0 Å². The zero-order chi connectivity index (χ0) is 8.72. The van der Waals surface area contributed by atoms with E-state index in [0.29, 0.717) is 20.1 Å². The number of aromatic amines is 3. The number of hydrogen-bond donors (Lipinski definition) is 3. The standard InChI is InChI=1S/C4H3N5S3/c10-2-5-1-7-8-4(12)9(1)3(11)6-2/h(H,8,12)(H2,5,6,7,10,11). The van der Waals surface area contributed by atoms with Gasteiger partial charge in [0.15, 0.2) is 4.77 Å². The second kappa shape index (κ2) is 2.57. The van der Waals surface area contributed by atoms with Gasteiger partial charge in [-0.05, 0) is 36.7 Å². The molecule has 0 aromatic carbocycles. The maximum atomic E-state index is 4.98. The van der Waals surface area contributed by atoms with Crippen molar-refractivity contribution in [2.24, 2.45) is 0 Å². The molecule has 0 saturated carbocycles. The van der Waals surface area contributed by atoms with Gasteiger partial charge < -0.3 is 4.98 Å². The SMILES string of the molecule is S=c1nc2[nH][nH]c(=S)n2c(=S)[nH]1. The Balaban J connectivity index is 3.25. The lowest BCUT2D eigenvalue weighted by Gasteiger charge is -1.89. The van der Waals surface area contributed by atoms with Crippen LogP contribution in [0.1, 0.15) is 0 Å². The fourth-order valence-corrected chi connectivity index (χ4v) is 1.66. The van der Waals surface area contributed by atoms with Crippen molar-refractivity contribution in [3.05, 3.63) is 14.3 Å². The molecule has 2 rings (SSSR count). The Morgan fingerprint density at radius 3 is 2.58 bits per heavy atom. The monoisotopic (exact) mass is 217 g/mol. The molecule has 62 valence electrons. The zero-order valence-electron chi connectivity index (χ0n) is 5.62. The van der Waals surface area contributed by atoms with Gasteiger partial charge in [0.1, 0.15) is 0 Å². The Labute approximate surface area is 81.5 Å². The molecule has 0 saturated heterocycles. The van der Waals surface area contributed by atoms with E-state index in [1.54, 1.807) is 4.40 Å². The summed E-state index contributed by atoms with van der Waals surface area (Å²) < 4.78 is 2.80. The molecule has 0 bridgehead atoms. The van der Waals surface area contributed by atoms with Gasteiger partial charge in [-0.2, -0.15) is 4.98 Å². The third kappa shape index (κ3) is 1.04. The van der Waals surface area contributed by atoms with E-state index in [0.717, 1.165) is 0 Å². The van der Waals surface area contributed by atoms with Crippen molar-refractivity contribution in [1.82, 2.24) is 24.6 Å². The predicted octanol–water partition coefficient (Wildman–Crippen LogP) is 1.51. The first-order valence-electron chi connectivity index (χ1n) is 2.98. The molecule has 3 N–H and O–H groups in total. The largest absolute Gasteiger partial charge is 0.307 e. The van der Waals surface area contributed by atoms with Crippen LogP contribution in [0.5, 0.6) is 0 Å². The van der Waals surface area contributed by atoms with E-state index >= 15 is 0 Å². The van der Waals surface area contributed by atoms with Crippen molar-refractivity contribution in [3.63, 3.8) is 0 Å². The first-order chi connectivity index (χ1) is 5.68. The highest BCUT2D eigenvalue weighted by molar-refractivity contribution is 7.72. The lowest BCUT2D eigenvalue weighted by Crippen LogP contribution is -1.94. The summed E-state index contributed by atoms with van der Waals surface area (Å²) in [5, 5.41) is 5.44. The van der Waals surface area contributed by atoms with Gasteiger partial charge in [-0.3, -0.25) is 10.2 Å². The topological polar surface area (TPSA) is 64.7 Å². The number of nitrogens with zero attached hydrogens (tertiary/aromatic N) is 2. The molecule has 0 fully saturated rings. The minimum atomic E-state index is 0.338. The second-order valence-corrected chi connectivity index (χ2v) is 3.22. The van der Waals surface area contributed by atoms with Crippen LogP contribution in [0.4, 0.5) is 0 Å². The van der Waals surface area contributed by atoms with Crippen LogP contribution in [-0.2, 0) is 0 Å². The van der Waals surface area contributed by atoms with Crippen LogP contribution >= 0.6 is 36.7 Å². The molecular formula is C4H3N5S3. The highest BCUT2D eigenvalue weighted by Crippen LogP contribution is 1.95. The molecule has 8 heteroatoms. The number of H-pyrrole nitrogens is 3. The Hall–Kier alpha value is -0.860. The Bertz CT molecular complexity index is 583. The first-order valence-corrected chi connectivity index (χ1v) is 4.21.